The van der Waals surface area contributed by atoms with Gasteiger partial charge in [0.15, 0.2) is 0 Å². The second kappa shape index (κ2) is 7.62. The Labute approximate surface area is 94.8 Å². The zero-order chi connectivity index (χ0) is 10.2. The van der Waals surface area contributed by atoms with Crippen LogP contribution in [0.1, 0.15) is 58.3 Å². The third-order valence-corrected chi connectivity index (χ3v) is 3.84. The predicted molar refractivity (Wildman–Crippen MR) is 67.3 cm³/mol. The van der Waals surface area contributed by atoms with Crippen molar-refractivity contribution in [1.82, 2.24) is 0 Å². The van der Waals surface area contributed by atoms with Crippen LogP contribution in [0.2, 0.25) is 12.6 Å². The highest BCUT2D eigenvalue weighted by molar-refractivity contribution is 7.07. The largest absolute Gasteiger partial charge is 0.250 e. The first-order valence-electron chi connectivity index (χ1n) is 6.47. The first-order valence-corrected chi connectivity index (χ1v) is 6.90. The molecule has 0 N–H and O–H groups in total. The normalized spacial score (nSPS) is 21.9. The Morgan fingerprint density at radius 1 is 1.14 bits per heavy atom. The van der Waals surface area contributed by atoms with Gasteiger partial charge in [-0.2, -0.15) is 11.5 Å². The maximum absolute atomic E-state index is 6.09. The molecule has 2 heteroatoms. The van der Waals surface area contributed by atoms with Crippen molar-refractivity contribution in [2.45, 2.75) is 70.9 Å². The fourth-order valence-electron chi connectivity index (χ4n) is 2.49. The number of rotatable bonds is 7. The van der Waals surface area contributed by atoms with Crippen molar-refractivity contribution in [3.63, 3.8) is 0 Å². The Morgan fingerprint density at radius 3 is 2.50 bits per heavy atom. The van der Waals surface area contributed by atoms with Gasteiger partial charge >= 0.3 is 0 Å². The van der Waals surface area contributed by atoms with E-state index in [0.717, 1.165) is 5.92 Å². The minimum Gasteiger partial charge on any atom is -0.196 e. The zero-order valence-corrected chi connectivity index (χ0v) is 10.4. The molecule has 0 saturated carbocycles. The summed E-state index contributed by atoms with van der Waals surface area (Å²) < 4.78 is 0. The SMILES string of the molecule is CCCCCCCCC1CCB(Cl)C1. The maximum Gasteiger partial charge on any atom is 0.250 e. The molecule has 0 aliphatic carbocycles. The van der Waals surface area contributed by atoms with Crippen molar-refractivity contribution < 1.29 is 0 Å². The lowest BCUT2D eigenvalue weighted by Gasteiger charge is -2.08. The minimum atomic E-state index is 0.500. The highest BCUT2D eigenvalue weighted by atomic mass is 35.5. The van der Waals surface area contributed by atoms with Crippen LogP contribution >= 0.6 is 11.5 Å². The number of unbranched alkanes of at least 4 members (excludes halogenated alkanes) is 5. The Kier molecular flexibility index (Phi) is 6.76. The molecule has 1 rings (SSSR count). The molecule has 0 nitrogen and oxygen atoms in total. The summed E-state index contributed by atoms with van der Waals surface area (Å²) in [6, 6.07) is 0. The smallest absolute Gasteiger partial charge is 0.196 e. The van der Waals surface area contributed by atoms with E-state index in [-0.39, 0.29) is 0 Å². The van der Waals surface area contributed by atoms with Crippen LogP contribution in [0.4, 0.5) is 0 Å². The molecule has 1 saturated heterocycles. The molecule has 82 valence electrons. The molecule has 1 heterocycles. The first-order chi connectivity index (χ1) is 6.83. The quantitative estimate of drug-likeness (QED) is 0.414. The Hall–Kier alpha value is 0.355. The van der Waals surface area contributed by atoms with Gasteiger partial charge in [-0.1, -0.05) is 70.9 Å². The van der Waals surface area contributed by atoms with E-state index in [0.29, 0.717) is 6.13 Å². The average Bonchev–Trinajstić information content (AvgIpc) is 2.58. The lowest BCUT2D eigenvalue weighted by Crippen LogP contribution is -1.97. The monoisotopic (exact) mass is 214 g/mol. The fourth-order valence-corrected chi connectivity index (χ4v) is 2.87. The second-order valence-electron chi connectivity index (χ2n) is 4.83. The van der Waals surface area contributed by atoms with E-state index in [1.807, 2.05) is 0 Å². The Balaban J connectivity index is 1.84. The van der Waals surface area contributed by atoms with Gasteiger partial charge in [-0.15, -0.1) is 0 Å². The molecular formula is C12H24BCl. The van der Waals surface area contributed by atoms with E-state index in [1.54, 1.807) is 0 Å². The zero-order valence-electron chi connectivity index (χ0n) is 9.60. The van der Waals surface area contributed by atoms with Gasteiger partial charge in [0.25, 0.3) is 6.13 Å². The first kappa shape index (κ1) is 12.4. The molecule has 0 aromatic rings. The van der Waals surface area contributed by atoms with E-state index < -0.39 is 0 Å². The van der Waals surface area contributed by atoms with Crippen LogP contribution in [0.15, 0.2) is 0 Å². The summed E-state index contributed by atoms with van der Waals surface area (Å²) in [4.78, 5) is 0. The lowest BCUT2D eigenvalue weighted by molar-refractivity contribution is 0.486. The molecule has 1 unspecified atom stereocenters. The fraction of sp³-hybridized carbons (Fsp3) is 1.00. The van der Waals surface area contributed by atoms with E-state index >= 15 is 0 Å². The molecule has 0 amide bonds. The van der Waals surface area contributed by atoms with Crippen molar-refractivity contribution in [2.75, 3.05) is 0 Å². The van der Waals surface area contributed by atoms with Gasteiger partial charge in [0.2, 0.25) is 0 Å². The third-order valence-electron chi connectivity index (χ3n) is 3.44. The summed E-state index contributed by atoms with van der Waals surface area (Å²) in [5.41, 5.74) is 0. The molecule has 0 aromatic heterocycles. The minimum absolute atomic E-state index is 0.500. The van der Waals surface area contributed by atoms with Crippen LogP contribution in [-0.2, 0) is 0 Å². The molecular weight excluding hydrogens is 190 g/mol. The van der Waals surface area contributed by atoms with Crippen LogP contribution < -0.4 is 0 Å². The molecule has 0 radical (unpaired) electrons. The molecule has 1 atom stereocenters. The standard InChI is InChI=1S/C12H24BCl/c1-2-3-4-5-6-7-8-12-9-10-13(14)11-12/h12H,2-11H2,1H3. The van der Waals surface area contributed by atoms with Crippen molar-refractivity contribution >= 4 is 17.6 Å². The number of halogens is 1. The average molecular weight is 215 g/mol. The van der Waals surface area contributed by atoms with Gasteiger partial charge in [-0.3, -0.25) is 0 Å². The molecule has 0 aromatic carbocycles. The third kappa shape index (κ3) is 5.29. The lowest BCUT2D eigenvalue weighted by atomic mass is 9.73. The van der Waals surface area contributed by atoms with Gasteiger partial charge in [0.05, 0.1) is 0 Å². The molecule has 1 aliphatic heterocycles. The summed E-state index contributed by atoms with van der Waals surface area (Å²) in [5, 5.41) is 0. The van der Waals surface area contributed by atoms with Crippen LogP contribution in [0, 0.1) is 5.92 Å². The Bertz CT molecular complexity index is 138. The second-order valence-corrected chi connectivity index (χ2v) is 5.45. The number of hydrogen-bond acceptors (Lipinski definition) is 0. The summed E-state index contributed by atoms with van der Waals surface area (Å²) in [6.45, 7) is 2.28. The van der Waals surface area contributed by atoms with Crippen LogP contribution in [0.5, 0.6) is 0 Å². The molecule has 14 heavy (non-hydrogen) atoms. The van der Waals surface area contributed by atoms with Gasteiger partial charge in [0.1, 0.15) is 0 Å². The topological polar surface area (TPSA) is 0 Å². The molecule has 1 fully saturated rings. The van der Waals surface area contributed by atoms with Crippen LogP contribution in [-0.4, -0.2) is 6.13 Å². The molecule has 0 bridgehead atoms. The molecule has 0 spiro atoms. The van der Waals surface area contributed by atoms with Crippen molar-refractivity contribution in [1.29, 1.82) is 0 Å². The van der Waals surface area contributed by atoms with Gasteiger partial charge in [-0.25, -0.2) is 0 Å². The number of hydrogen-bond donors (Lipinski definition) is 0. The maximum atomic E-state index is 6.09. The van der Waals surface area contributed by atoms with Crippen LogP contribution in [0.3, 0.4) is 0 Å². The van der Waals surface area contributed by atoms with Gasteiger partial charge in [-0.05, 0) is 5.92 Å². The van der Waals surface area contributed by atoms with Crippen molar-refractivity contribution in [3.05, 3.63) is 0 Å². The summed E-state index contributed by atoms with van der Waals surface area (Å²) >= 11 is 6.09. The van der Waals surface area contributed by atoms with E-state index in [9.17, 15) is 0 Å². The van der Waals surface area contributed by atoms with Crippen LogP contribution in [0.25, 0.3) is 0 Å². The Morgan fingerprint density at radius 2 is 1.86 bits per heavy atom. The van der Waals surface area contributed by atoms with E-state index in [4.69, 9.17) is 11.5 Å². The van der Waals surface area contributed by atoms with E-state index in [1.165, 1.54) is 64.0 Å². The van der Waals surface area contributed by atoms with Crippen molar-refractivity contribution in [2.24, 2.45) is 5.92 Å². The highest BCUT2D eigenvalue weighted by Gasteiger charge is 2.25. The summed E-state index contributed by atoms with van der Waals surface area (Å²) in [6.07, 6.45) is 14.5. The summed E-state index contributed by atoms with van der Waals surface area (Å²) in [7, 11) is 0. The van der Waals surface area contributed by atoms with Crippen molar-refractivity contribution in [3.8, 4) is 0 Å². The molecule has 1 aliphatic rings. The predicted octanol–water partition coefficient (Wildman–Crippen LogP) is 4.99. The van der Waals surface area contributed by atoms with E-state index in [2.05, 4.69) is 6.92 Å². The highest BCUT2D eigenvalue weighted by Crippen LogP contribution is 2.32. The van der Waals surface area contributed by atoms with Gasteiger partial charge < -0.3 is 0 Å². The summed E-state index contributed by atoms with van der Waals surface area (Å²) in [5.74, 6) is 0.962. The van der Waals surface area contributed by atoms with Gasteiger partial charge in [0, 0.05) is 0 Å².